The van der Waals surface area contributed by atoms with Gasteiger partial charge < -0.3 is 10.0 Å². The predicted octanol–water partition coefficient (Wildman–Crippen LogP) is 7.73. The molecule has 15 heteroatoms. The van der Waals surface area contributed by atoms with Crippen LogP contribution in [0.2, 0.25) is 5.02 Å². The summed E-state index contributed by atoms with van der Waals surface area (Å²) in [6, 6.07) is 13.8. The Labute approximate surface area is 290 Å². The minimum atomic E-state index is -5.61. The fourth-order valence-corrected chi connectivity index (χ4v) is 6.88. The molecule has 1 heterocycles. The molecule has 1 aromatic heterocycles. The zero-order valence-corrected chi connectivity index (χ0v) is 28.6. The largest absolute Gasteiger partial charge is 0.477 e. The minimum Gasteiger partial charge on any atom is -0.477 e. The van der Waals surface area contributed by atoms with Gasteiger partial charge in [0.1, 0.15) is 5.69 Å². The van der Waals surface area contributed by atoms with Gasteiger partial charge in [0.2, 0.25) is 21.7 Å². The number of hydrogen-bond donors (Lipinski definition) is 1. The van der Waals surface area contributed by atoms with Gasteiger partial charge in [0.15, 0.2) is 28.2 Å². The number of amides is 1. The number of hydrogen-bond acceptors (Lipinski definition) is 5. The molecule has 1 N–H and O–H groups in total. The number of carbonyl (C=O) groups excluding carboxylic acids is 1. The molecule has 8 nitrogen and oxygen atoms in total. The Hall–Kier alpha value is -4.40. The number of pyridine rings is 1. The summed E-state index contributed by atoms with van der Waals surface area (Å²) in [5.74, 6) is -14.7. The molecule has 0 bridgehead atoms. The molecule has 264 valence electrons. The molecule has 0 saturated heterocycles. The van der Waals surface area contributed by atoms with Gasteiger partial charge in [-0.1, -0.05) is 62.7 Å². The van der Waals surface area contributed by atoms with Crippen molar-refractivity contribution in [2.75, 3.05) is 11.4 Å². The van der Waals surface area contributed by atoms with Crippen molar-refractivity contribution < 1.29 is 45.1 Å². The first-order valence-corrected chi connectivity index (χ1v) is 17.1. The van der Waals surface area contributed by atoms with Crippen LogP contribution in [0.3, 0.4) is 0 Å². The Morgan fingerprint density at radius 1 is 0.860 bits per heavy atom. The van der Waals surface area contributed by atoms with Gasteiger partial charge in [0.05, 0.1) is 25.0 Å². The van der Waals surface area contributed by atoms with Crippen LogP contribution >= 0.6 is 11.6 Å². The smallest absolute Gasteiger partial charge is 0.354 e. The zero-order valence-electron chi connectivity index (χ0n) is 27.0. The number of nitrogens with zero attached hydrogens (tertiary/aromatic N) is 3. The van der Waals surface area contributed by atoms with E-state index < -0.39 is 69.0 Å². The predicted molar refractivity (Wildman–Crippen MR) is 175 cm³/mol. The lowest BCUT2D eigenvalue weighted by atomic mass is 9.84. The number of carbonyl (C=O) groups is 2. The van der Waals surface area contributed by atoms with Crippen molar-refractivity contribution >= 4 is 39.2 Å². The number of anilines is 1. The Bertz CT molecular complexity index is 2040. The number of carboxylic acid groups (broad SMARTS) is 1. The van der Waals surface area contributed by atoms with E-state index in [2.05, 4.69) is 11.1 Å². The van der Waals surface area contributed by atoms with Crippen molar-refractivity contribution in [3.63, 3.8) is 0 Å². The third-order valence-corrected chi connectivity index (χ3v) is 10.3. The topological polar surface area (TPSA) is 108 Å². The van der Waals surface area contributed by atoms with E-state index in [9.17, 15) is 45.1 Å². The molecule has 0 radical (unpaired) electrons. The van der Waals surface area contributed by atoms with Gasteiger partial charge in [-0.05, 0) is 70.7 Å². The quantitative estimate of drug-likeness (QED) is 0.0960. The Kier molecular flexibility index (Phi) is 10.4. The van der Waals surface area contributed by atoms with E-state index in [-0.39, 0.29) is 33.9 Å². The first kappa shape index (κ1) is 36.9. The Morgan fingerprint density at radius 3 is 1.98 bits per heavy atom. The SMILES string of the molecule is CC(C)(C)c1cc(CN(C(=O)CN(Cc2ccc(Cl)cc2)S(=O)(=O)c2c(F)c(F)c(F)c(F)c2F)c2ccc(C(=O)O)nc2)cc(C2CC2)c1. The maximum atomic E-state index is 14.9. The van der Waals surface area contributed by atoms with E-state index in [1.807, 2.05) is 32.9 Å². The van der Waals surface area contributed by atoms with Gasteiger partial charge >= 0.3 is 5.97 Å². The maximum Gasteiger partial charge on any atom is 0.354 e. The van der Waals surface area contributed by atoms with Crippen LogP contribution in [0.15, 0.2) is 65.7 Å². The van der Waals surface area contributed by atoms with Gasteiger partial charge in [-0.3, -0.25) is 4.79 Å². The fourth-order valence-electron chi connectivity index (χ4n) is 5.27. The third kappa shape index (κ3) is 7.82. The summed E-state index contributed by atoms with van der Waals surface area (Å²) in [6.07, 6.45) is 3.05. The lowest BCUT2D eigenvalue weighted by molar-refractivity contribution is -0.119. The first-order chi connectivity index (χ1) is 23.4. The van der Waals surface area contributed by atoms with E-state index in [4.69, 9.17) is 11.6 Å². The lowest BCUT2D eigenvalue weighted by Crippen LogP contribution is -2.43. The molecule has 0 aliphatic heterocycles. The van der Waals surface area contributed by atoms with Gasteiger partial charge in [-0.15, -0.1) is 0 Å². The average Bonchev–Trinajstić information content (AvgIpc) is 3.91. The number of aromatic carboxylic acids is 1. The van der Waals surface area contributed by atoms with E-state index >= 15 is 0 Å². The highest BCUT2D eigenvalue weighted by Gasteiger charge is 2.39. The van der Waals surface area contributed by atoms with Crippen molar-refractivity contribution in [1.29, 1.82) is 0 Å². The molecule has 0 unspecified atom stereocenters. The van der Waals surface area contributed by atoms with Crippen LogP contribution in [0.5, 0.6) is 0 Å². The summed E-state index contributed by atoms with van der Waals surface area (Å²) in [4.78, 5) is 28.6. The lowest BCUT2D eigenvalue weighted by Gasteiger charge is -2.29. The maximum absolute atomic E-state index is 14.9. The molecule has 1 aliphatic carbocycles. The second-order valence-corrected chi connectivity index (χ2v) is 15.3. The van der Waals surface area contributed by atoms with Gasteiger partial charge in [0, 0.05) is 11.6 Å². The molecule has 5 rings (SSSR count). The number of sulfonamides is 1. The van der Waals surface area contributed by atoms with Crippen molar-refractivity contribution in [3.8, 4) is 0 Å². The molecule has 1 fully saturated rings. The molecule has 1 aliphatic rings. The highest BCUT2D eigenvalue weighted by molar-refractivity contribution is 7.89. The van der Waals surface area contributed by atoms with Crippen LogP contribution in [-0.2, 0) is 33.3 Å². The van der Waals surface area contributed by atoms with Crippen molar-refractivity contribution in [2.24, 2.45) is 0 Å². The summed E-state index contributed by atoms with van der Waals surface area (Å²) >= 11 is 5.95. The summed E-state index contributed by atoms with van der Waals surface area (Å²) in [6.45, 7) is 3.99. The Balaban J connectivity index is 1.61. The van der Waals surface area contributed by atoms with Crippen LogP contribution in [0, 0.1) is 29.1 Å². The first-order valence-electron chi connectivity index (χ1n) is 15.3. The molecular weight excluding hydrogens is 705 g/mol. The molecule has 50 heavy (non-hydrogen) atoms. The normalized spacial score (nSPS) is 13.5. The second kappa shape index (κ2) is 14.1. The molecular formula is C35H31ClF5N3O5S. The standard InChI is InChI=1S/C35H31ClF5N3O5S/c1-35(2,3)23-13-20(12-22(14-23)21-6-7-21)17-44(25-10-11-26(34(46)47)42-15-25)27(45)18-43(16-19-4-8-24(36)9-5-19)50(48,49)33-31(40)29(38)28(37)30(39)32(33)41/h4-5,8-15,21H,6-7,16-18H2,1-3H3,(H,46,47). The van der Waals surface area contributed by atoms with Crippen LogP contribution in [-0.4, -0.2) is 41.2 Å². The van der Waals surface area contributed by atoms with E-state index in [0.29, 0.717) is 15.8 Å². The summed E-state index contributed by atoms with van der Waals surface area (Å²) in [7, 11) is -5.61. The van der Waals surface area contributed by atoms with Crippen LogP contribution in [0.25, 0.3) is 0 Å². The molecule has 1 saturated carbocycles. The molecule has 0 atom stereocenters. The molecule has 0 spiro atoms. The molecule has 1 amide bonds. The third-order valence-electron chi connectivity index (χ3n) is 8.20. The molecule has 3 aromatic carbocycles. The van der Waals surface area contributed by atoms with E-state index in [1.54, 1.807) is 0 Å². The highest BCUT2D eigenvalue weighted by Crippen LogP contribution is 2.42. The average molecular weight is 736 g/mol. The van der Waals surface area contributed by atoms with Crippen molar-refractivity contribution in [2.45, 2.75) is 62.9 Å². The van der Waals surface area contributed by atoms with Gasteiger partial charge in [-0.2, -0.15) is 4.31 Å². The number of halogens is 6. The fraction of sp³-hybridized carbons (Fsp3) is 0.286. The summed E-state index contributed by atoms with van der Waals surface area (Å²) in [5, 5.41) is 9.62. The van der Waals surface area contributed by atoms with E-state index in [0.717, 1.165) is 41.1 Å². The summed E-state index contributed by atoms with van der Waals surface area (Å²) < 4.78 is 100. The van der Waals surface area contributed by atoms with Gasteiger partial charge in [-0.25, -0.2) is 40.1 Å². The number of rotatable bonds is 11. The van der Waals surface area contributed by atoms with Crippen molar-refractivity contribution in [1.82, 2.24) is 9.29 Å². The number of benzene rings is 3. The van der Waals surface area contributed by atoms with Crippen molar-refractivity contribution in [3.05, 3.63) is 123 Å². The number of aromatic nitrogens is 1. The monoisotopic (exact) mass is 735 g/mol. The second-order valence-electron chi connectivity index (χ2n) is 13.0. The van der Waals surface area contributed by atoms with Crippen LogP contribution < -0.4 is 4.90 Å². The summed E-state index contributed by atoms with van der Waals surface area (Å²) in [5.41, 5.74) is 2.22. The minimum absolute atomic E-state index is 0.0502. The van der Waals surface area contributed by atoms with Crippen LogP contribution in [0.4, 0.5) is 27.6 Å². The van der Waals surface area contributed by atoms with Gasteiger partial charge in [0.25, 0.3) is 0 Å². The zero-order chi connectivity index (χ0) is 36.7. The van der Waals surface area contributed by atoms with Crippen LogP contribution in [0.1, 0.15) is 72.3 Å². The number of carboxylic acids is 1. The Morgan fingerprint density at radius 2 is 1.46 bits per heavy atom. The highest BCUT2D eigenvalue weighted by atomic mass is 35.5. The molecule has 4 aromatic rings. The van der Waals surface area contributed by atoms with E-state index in [1.165, 1.54) is 30.3 Å².